The quantitative estimate of drug-likeness (QED) is 0.828. The zero-order valence-electron chi connectivity index (χ0n) is 15.0. The zero-order valence-corrected chi connectivity index (χ0v) is 15.0. The molecule has 0 unspecified atom stereocenters. The number of piperazine rings is 1. The van der Waals surface area contributed by atoms with Crippen LogP contribution in [-0.4, -0.2) is 46.4 Å². The van der Waals surface area contributed by atoms with Crippen LogP contribution < -0.4 is 14.5 Å². The highest BCUT2D eigenvalue weighted by atomic mass is 16.5. The molecule has 1 fully saturated rings. The number of rotatable bonds is 5. The maximum atomic E-state index is 11.7. The van der Waals surface area contributed by atoms with Crippen LogP contribution in [0.15, 0.2) is 34.7 Å². The molecule has 0 aliphatic carbocycles. The summed E-state index contributed by atoms with van der Waals surface area (Å²) in [7, 11) is 3.09. The molecule has 0 bridgehead atoms. The van der Waals surface area contributed by atoms with E-state index in [0.717, 1.165) is 49.9 Å². The van der Waals surface area contributed by atoms with Gasteiger partial charge in [0.1, 0.15) is 23.6 Å². The number of carbonyl (C=O) groups excluding carboxylic acids is 1. The first-order valence-corrected chi connectivity index (χ1v) is 8.51. The number of para-hydroxylation sites is 2. The van der Waals surface area contributed by atoms with E-state index in [0.29, 0.717) is 11.3 Å². The Hall–Kier alpha value is -2.47. The topological polar surface area (TPSA) is 56.4 Å². The van der Waals surface area contributed by atoms with Crippen molar-refractivity contribution in [3.63, 3.8) is 0 Å². The maximum absolute atomic E-state index is 11.7. The number of ether oxygens (including phenoxy) is 2. The van der Waals surface area contributed by atoms with Crippen molar-refractivity contribution in [2.75, 3.05) is 45.3 Å². The second-order valence-electron chi connectivity index (χ2n) is 6.26. The van der Waals surface area contributed by atoms with Gasteiger partial charge in [0.25, 0.3) is 0 Å². The lowest BCUT2D eigenvalue weighted by Gasteiger charge is -2.33. The van der Waals surface area contributed by atoms with E-state index in [9.17, 15) is 4.79 Å². The molecule has 25 heavy (non-hydrogen) atoms. The molecule has 3 rings (SSSR count). The molecule has 2 heterocycles. The highest BCUT2D eigenvalue weighted by Crippen LogP contribution is 2.27. The minimum absolute atomic E-state index is 0.344. The lowest BCUT2D eigenvalue weighted by Crippen LogP contribution is -3.13. The fraction of sp³-hybridized carbons (Fsp3) is 0.421. The summed E-state index contributed by atoms with van der Waals surface area (Å²) in [5, 5.41) is 0. The highest BCUT2D eigenvalue weighted by molar-refractivity contribution is 5.90. The lowest BCUT2D eigenvalue weighted by atomic mass is 10.2. The number of aryl methyl sites for hydroxylation is 1. The van der Waals surface area contributed by atoms with Crippen molar-refractivity contribution in [1.82, 2.24) is 0 Å². The van der Waals surface area contributed by atoms with Crippen molar-refractivity contribution < 1.29 is 23.6 Å². The Balaban J connectivity index is 1.60. The predicted molar refractivity (Wildman–Crippen MR) is 94.4 cm³/mol. The number of anilines is 1. The average molecular weight is 345 g/mol. The van der Waals surface area contributed by atoms with Gasteiger partial charge in [0, 0.05) is 6.07 Å². The number of furan rings is 1. The number of quaternary nitrogens is 1. The summed E-state index contributed by atoms with van der Waals surface area (Å²) in [6.45, 7) is 6.50. The first-order chi connectivity index (χ1) is 12.1. The van der Waals surface area contributed by atoms with Gasteiger partial charge >= 0.3 is 5.97 Å². The summed E-state index contributed by atoms with van der Waals surface area (Å²) in [5.41, 5.74) is 1.66. The second kappa shape index (κ2) is 7.61. The number of nitrogens with zero attached hydrogens (tertiary/aromatic N) is 1. The number of benzene rings is 1. The summed E-state index contributed by atoms with van der Waals surface area (Å²) in [6.07, 6.45) is 0. The zero-order chi connectivity index (χ0) is 17.8. The van der Waals surface area contributed by atoms with Crippen molar-refractivity contribution in [3.8, 4) is 5.75 Å². The normalized spacial score (nSPS) is 15.2. The van der Waals surface area contributed by atoms with Crippen LogP contribution in [0.3, 0.4) is 0 Å². The Kier molecular flexibility index (Phi) is 5.28. The smallest absolute Gasteiger partial charge is 0.341 e. The third-order valence-electron chi connectivity index (χ3n) is 4.69. The van der Waals surface area contributed by atoms with Gasteiger partial charge in [0.15, 0.2) is 5.76 Å². The molecule has 0 atom stereocenters. The molecular weight excluding hydrogens is 320 g/mol. The van der Waals surface area contributed by atoms with Crippen LogP contribution in [0.1, 0.15) is 21.9 Å². The van der Waals surface area contributed by atoms with Gasteiger partial charge in [-0.15, -0.1) is 0 Å². The predicted octanol–water partition coefficient (Wildman–Crippen LogP) is 1.29. The molecule has 1 N–H and O–H groups in total. The fourth-order valence-electron chi connectivity index (χ4n) is 3.32. The van der Waals surface area contributed by atoms with Crippen molar-refractivity contribution in [2.45, 2.75) is 13.5 Å². The van der Waals surface area contributed by atoms with Gasteiger partial charge in [-0.1, -0.05) is 12.1 Å². The summed E-state index contributed by atoms with van der Waals surface area (Å²) in [6, 6.07) is 9.93. The average Bonchev–Trinajstić information content (AvgIpc) is 3.02. The summed E-state index contributed by atoms with van der Waals surface area (Å²) in [4.78, 5) is 15.5. The first-order valence-electron chi connectivity index (χ1n) is 8.51. The minimum Gasteiger partial charge on any atom is -0.495 e. The molecule has 6 nitrogen and oxygen atoms in total. The first kappa shape index (κ1) is 17.4. The molecule has 0 saturated carbocycles. The van der Waals surface area contributed by atoms with E-state index in [-0.39, 0.29) is 5.97 Å². The summed E-state index contributed by atoms with van der Waals surface area (Å²) < 4.78 is 16.0. The van der Waals surface area contributed by atoms with Crippen LogP contribution in [0.25, 0.3) is 0 Å². The van der Waals surface area contributed by atoms with Crippen LogP contribution in [0.4, 0.5) is 5.69 Å². The molecule has 6 heteroatoms. The SMILES string of the molecule is COC(=O)c1cc(C[NH+]2CCN(c3ccccc3OC)CC2)oc1C. The third kappa shape index (κ3) is 3.79. The van der Waals surface area contributed by atoms with E-state index in [4.69, 9.17) is 13.9 Å². The van der Waals surface area contributed by atoms with Gasteiger partial charge in [-0.2, -0.15) is 0 Å². The van der Waals surface area contributed by atoms with Gasteiger partial charge in [-0.05, 0) is 19.1 Å². The number of methoxy groups -OCH3 is 2. The van der Waals surface area contributed by atoms with Gasteiger partial charge in [0.2, 0.25) is 0 Å². The highest BCUT2D eigenvalue weighted by Gasteiger charge is 2.24. The van der Waals surface area contributed by atoms with Crippen molar-refractivity contribution in [3.05, 3.63) is 47.4 Å². The van der Waals surface area contributed by atoms with Crippen LogP contribution in [0.2, 0.25) is 0 Å². The molecule has 0 amide bonds. The Labute approximate surface area is 147 Å². The molecule has 1 aliphatic rings. The molecule has 2 aromatic rings. The molecule has 1 aromatic heterocycles. The Bertz CT molecular complexity index is 733. The summed E-state index contributed by atoms with van der Waals surface area (Å²) >= 11 is 0. The number of nitrogens with one attached hydrogen (secondary N) is 1. The van der Waals surface area contributed by atoms with Crippen LogP contribution >= 0.6 is 0 Å². The maximum Gasteiger partial charge on any atom is 0.341 e. The van der Waals surface area contributed by atoms with E-state index in [1.165, 1.54) is 12.0 Å². The second-order valence-corrected chi connectivity index (χ2v) is 6.26. The van der Waals surface area contributed by atoms with Crippen molar-refractivity contribution in [1.29, 1.82) is 0 Å². The largest absolute Gasteiger partial charge is 0.495 e. The molecule has 1 aromatic carbocycles. The molecule has 1 aliphatic heterocycles. The molecule has 0 radical (unpaired) electrons. The Morgan fingerprint density at radius 3 is 2.64 bits per heavy atom. The van der Waals surface area contributed by atoms with E-state index in [2.05, 4.69) is 11.0 Å². The number of hydrogen-bond donors (Lipinski definition) is 1. The van der Waals surface area contributed by atoms with E-state index in [1.54, 1.807) is 20.1 Å². The van der Waals surface area contributed by atoms with Gasteiger partial charge in [-0.3, -0.25) is 0 Å². The van der Waals surface area contributed by atoms with Gasteiger partial charge < -0.3 is 23.7 Å². The number of hydrogen-bond acceptors (Lipinski definition) is 5. The third-order valence-corrected chi connectivity index (χ3v) is 4.69. The fourth-order valence-corrected chi connectivity index (χ4v) is 3.32. The van der Waals surface area contributed by atoms with Crippen LogP contribution in [0.5, 0.6) is 5.75 Å². The minimum atomic E-state index is -0.344. The van der Waals surface area contributed by atoms with Crippen molar-refractivity contribution in [2.24, 2.45) is 0 Å². The lowest BCUT2D eigenvalue weighted by molar-refractivity contribution is -0.915. The number of carbonyl (C=O) groups is 1. The summed E-state index contributed by atoms with van der Waals surface area (Å²) in [5.74, 6) is 2.02. The molecule has 134 valence electrons. The van der Waals surface area contributed by atoms with E-state index < -0.39 is 0 Å². The van der Waals surface area contributed by atoms with Gasteiger partial charge in [-0.25, -0.2) is 4.79 Å². The van der Waals surface area contributed by atoms with Crippen LogP contribution in [0, 0.1) is 6.92 Å². The van der Waals surface area contributed by atoms with Gasteiger partial charge in [0.05, 0.1) is 46.1 Å². The van der Waals surface area contributed by atoms with Crippen molar-refractivity contribution >= 4 is 11.7 Å². The Morgan fingerprint density at radius 2 is 1.96 bits per heavy atom. The molecule has 0 spiro atoms. The van der Waals surface area contributed by atoms with Crippen LogP contribution in [-0.2, 0) is 11.3 Å². The molecular formula is C19H25N2O4+. The standard InChI is InChI=1S/C19H24N2O4/c1-14-16(19(22)24-3)12-15(25-14)13-20-8-10-21(11-9-20)17-6-4-5-7-18(17)23-2/h4-7,12H,8-11,13H2,1-3H3/p+1. The monoisotopic (exact) mass is 345 g/mol. The molecule has 1 saturated heterocycles. The van der Waals surface area contributed by atoms with E-state index in [1.807, 2.05) is 18.2 Å². The van der Waals surface area contributed by atoms with E-state index >= 15 is 0 Å². The number of esters is 1. The Morgan fingerprint density at radius 1 is 1.24 bits per heavy atom.